The first-order chi connectivity index (χ1) is 17.8. The predicted octanol–water partition coefficient (Wildman–Crippen LogP) is 5.80. The van der Waals surface area contributed by atoms with Crippen LogP contribution in [0.3, 0.4) is 0 Å². The molecule has 0 radical (unpaired) electrons. The Kier molecular flexibility index (Phi) is 9.46. The fourth-order valence-corrected chi connectivity index (χ4v) is 5.96. The number of H-pyrrole nitrogens is 3. The SMILES string of the molecule is CCc1c(Cc2[nH]c(C(=O)OC)c(CC)c2CC)[nH]c(Cc2[nH]c(C(=O)OC)c(CC)c2CC)c1CC. The van der Waals surface area contributed by atoms with E-state index in [1.807, 2.05) is 0 Å². The second-order valence-electron chi connectivity index (χ2n) is 9.37. The van der Waals surface area contributed by atoms with Crippen LogP contribution in [0.5, 0.6) is 0 Å². The molecule has 202 valence electrons. The number of nitrogens with one attached hydrogen (secondary N) is 3. The number of aromatic nitrogens is 3. The van der Waals surface area contributed by atoms with E-state index in [0.717, 1.165) is 61.0 Å². The number of ether oxygens (including phenoxy) is 2. The maximum absolute atomic E-state index is 12.4. The molecule has 37 heavy (non-hydrogen) atoms. The molecule has 0 amide bonds. The number of carbonyl (C=O) groups excluding carboxylic acids is 2. The molecule has 0 fully saturated rings. The van der Waals surface area contributed by atoms with Gasteiger partial charge < -0.3 is 24.4 Å². The van der Waals surface area contributed by atoms with Gasteiger partial charge in [-0.15, -0.1) is 0 Å². The minimum absolute atomic E-state index is 0.318. The molecule has 0 spiro atoms. The molecule has 0 saturated heterocycles. The van der Waals surface area contributed by atoms with Gasteiger partial charge in [-0.05, 0) is 71.9 Å². The summed E-state index contributed by atoms with van der Waals surface area (Å²) in [6.07, 6.45) is 6.47. The number of methoxy groups -OCH3 is 2. The Hall–Kier alpha value is -3.22. The predicted molar refractivity (Wildman–Crippen MR) is 147 cm³/mol. The van der Waals surface area contributed by atoms with Crippen molar-refractivity contribution in [1.82, 2.24) is 15.0 Å². The quantitative estimate of drug-likeness (QED) is 0.269. The summed E-state index contributed by atoms with van der Waals surface area (Å²) >= 11 is 0. The van der Waals surface area contributed by atoms with E-state index in [-0.39, 0.29) is 11.9 Å². The maximum Gasteiger partial charge on any atom is 0.354 e. The number of aromatic amines is 3. The molecule has 3 aromatic rings. The van der Waals surface area contributed by atoms with Crippen LogP contribution in [0.2, 0.25) is 0 Å². The van der Waals surface area contributed by atoms with Gasteiger partial charge in [-0.2, -0.15) is 0 Å². The molecule has 3 rings (SSSR count). The smallest absolute Gasteiger partial charge is 0.354 e. The first kappa shape index (κ1) is 28.4. The molecule has 0 unspecified atom stereocenters. The van der Waals surface area contributed by atoms with Crippen LogP contribution in [0.4, 0.5) is 0 Å². The van der Waals surface area contributed by atoms with E-state index < -0.39 is 0 Å². The van der Waals surface area contributed by atoms with Crippen LogP contribution in [0.25, 0.3) is 0 Å². The van der Waals surface area contributed by atoms with Crippen molar-refractivity contribution in [2.45, 2.75) is 92.9 Å². The topological polar surface area (TPSA) is 100.0 Å². The largest absolute Gasteiger partial charge is 0.464 e. The Bertz CT molecular complexity index is 1160. The Morgan fingerprint density at radius 2 is 0.757 bits per heavy atom. The Labute approximate surface area is 220 Å². The summed E-state index contributed by atoms with van der Waals surface area (Å²) in [5.41, 5.74) is 12.8. The third-order valence-electron chi connectivity index (χ3n) is 7.61. The molecule has 0 saturated carbocycles. The third kappa shape index (κ3) is 5.27. The highest BCUT2D eigenvalue weighted by molar-refractivity contribution is 5.90. The maximum atomic E-state index is 12.4. The van der Waals surface area contributed by atoms with Gasteiger partial charge in [-0.3, -0.25) is 0 Å². The van der Waals surface area contributed by atoms with Crippen molar-refractivity contribution in [2.24, 2.45) is 0 Å². The van der Waals surface area contributed by atoms with E-state index in [4.69, 9.17) is 9.47 Å². The highest BCUT2D eigenvalue weighted by Gasteiger charge is 2.25. The Morgan fingerprint density at radius 1 is 0.486 bits per heavy atom. The van der Waals surface area contributed by atoms with E-state index in [0.29, 0.717) is 24.2 Å². The zero-order valence-corrected chi connectivity index (χ0v) is 23.8. The van der Waals surface area contributed by atoms with Gasteiger partial charge in [0.05, 0.1) is 14.2 Å². The number of rotatable bonds is 12. The summed E-state index contributed by atoms with van der Waals surface area (Å²) in [6, 6.07) is 0. The van der Waals surface area contributed by atoms with Crippen molar-refractivity contribution in [3.63, 3.8) is 0 Å². The Balaban J connectivity index is 2.08. The van der Waals surface area contributed by atoms with Crippen LogP contribution in [0, 0.1) is 0 Å². The summed E-state index contributed by atoms with van der Waals surface area (Å²) in [7, 11) is 2.85. The van der Waals surface area contributed by atoms with Gasteiger partial charge in [0.25, 0.3) is 0 Å². The first-order valence-electron chi connectivity index (χ1n) is 13.7. The second kappa shape index (κ2) is 12.3. The molecular weight excluding hydrogens is 466 g/mol. The van der Waals surface area contributed by atoms with Crippen molar-refractivity contribution in [3.8, 4) is 0 Å². The molecule has 7 heteroatoms. The Morgan fingerprint density at radius 3 is 1.03 bits per heavy atom. The number of esters is 2. The first-order valence-corrected chi connectivity index (χ1v) is 13.7. The van der Waals surface area contributed by atoms with Gasteiger partial charge in [-0.1, -0.05) is 41.5 Å². The molecule has 3 heterocycles. The number of hydrogen-bond acceptors (Lipinski definition) is 4. The van der Waals surface area contributed by atoms with Crippen LogP contribution in [-0.4, -0.2) is 41.1 Å². The lowest BCUT2D eigenvalue weighted by atomic mass is 9.97. The summed E-state index contributed by atoms with van der Waals surface area (Å²) in [5, 5.41) is 0. The van der Waals surface area contributed by atoms with Gasteiger partial charge in [0, 0.05) is 35.6 Å². The minimum Gasteiger partial charge on any atom is -0.464 e. The molecule has 3 N–H and O–H groups in total. The second-order valence-corrected chi connectivity index (χ2v) is 9.37. The molecule has 0 aromatic carbocycles. The number of carbonyl (C=O) groups is 2. The molecule has 0 aliphatic carbocycles. The van der Waals surface area contributed by atoms with E-state index in [2.05, 4.69) is 56.5 Å². The van der Waals surface area contributed by atoms with Crippen LogP contribution in [0.1, 0.15) is 119 Å². The lowest BCUT2D eigenvalue weighted by molar-refractivity contribution is 0.0584. The lowest BCUT2D eigenvalue weighted by Crippen LogP contribution is -2.05. The normalized spacial score (nSPS) is 11.2. The summed E-state index contributed by atoms with van der Waals surface area (Å²) in [6.45, 7) is 12.8. The van der Waals surface area contributed by atoms with E-state index >= 15 is 0 Å². The molecule has 0 atom stereocenters. The average molecular weight is 510 g/mol. The fraction of sp³-hybridized carbons (Fsp3) is 0.533. The fourth-order valence-electron chi connectivity index (χ4n) is 5.96. The summed E-state index contributed by atoms with van der Waals surface area (Å²) in [4.78, 5) is 35.5. The van der Waals surface area contributed by atoms with E-state index in [9.17, 15) is 9.59 Å². The van der Waals surface area contributed by atoms with Crippen LogP contribution in [-0.2, 0) is 60.8 Å². The summed E-state index contributed by atoms with van der Waals surface area (Å²) in [5.74, 6) is -0.635. The number of hydrogen-bond donors (Lipinski definition) is 3. The molecule has 0 bridgehead atoms. The van der Waals surface area contributed by atoms with Crippen LogP contribution >= 0.6 is 0 Å². The molecule has 7 nitrogen and oxygen atoms in total. The minimum atomic E-state index is -0.318. The van der Waals surface area contributed by atoms with Crippen LogP contribution < -0.4 is 0 Å². The molecule has 0 aliphatic rings. The molecular formula is C30H43N3O4. The third-order valence-corrected chi connectivity index (χ3v) is 7.61. The highest BCUT2D eigenvalue weighted by atomic mass is 16.5. The molecule has 3 aromatic heterocycles. The van der Waals surface area contributed by atoms with Crippen LogP contribution in [0.15, 0.2) is 0 Å². The standard InChI is InChI=1S/C30H43N3O4/c1-9-17-18(10-2)24(16-26-20(12-4)22(14-6)28(33-26)30(35)37-8)31-23(17)15-25-19(11-3)21(13-5)27(32-25)29(34)36-7/h31-33H,9-16H2,1-8H3. The van der Waals surface area contributed by atoms with Gasteiger partial charge in [0.2, 0.25) is 0 Å². The average Bonchev–Trinajstić information content (AvgIpc) is 3.57. The van der Waals surface area contributed by atoms with Crippen molar-refractivity contribution in [3.05, 3.63) is 67.5 Å². The van der Waals surface area contributed by atoms with Gasteiger partial charge in [0.15, 0.2) is 0 Å². The van der Waals surface area contributed by atoms with Gasteiger partial charge in [0.1, 0.15) is 11.4 Å². The van der Waals surface area contributed by atoms with Crippen molar-refractivity contribution in [2.75, 3.05) is 14.2 Å². The van der Waals surface area contributed by atoms with E-state index in [1.165, 1.54) is 47.9 Å². The zero-order chi connectivity index (χ0) is 27.3. The highest BCUT2D eigenvalue weighted by Crippen LogP contribution is 2.30. The van der Waals surface area contributed by atoms with Crippen molar-refractivity contribution in [1.29, 1.82) is 0 Å². The van der Waals surface area contributed by atoms with E-state index in [1.54, 1.807) is 0 Å². The monoisotopic (exact) mass is 509 g/mol. The van der Waals surface area contributed by atoms with Crippen molar-refractivity contribution >= 4 is 11.9 Å². The molecule has 0 aliphatic heterocycles. The lowest BCUT2D eigenvalue weighted by Gasteiger charge is -2.07. The zero-order valence-electron chi connectivity index (χ0n) is 23.8. The van der Waals surface area contributed by atoms with Gasteiger partial charge in [-0.25, -0.2) is 9.59 Å². The van der Waals surface area contributed by atoms with Gasteiger partial charge >= 0.3 is 11.9 Å². The van der Waals surface area contributed by atoms with Crippen molar-refractivity contribution < 1.29 is 19.1 Å². The summed E-state index contributed by atoms with van der Waals surface area (Å²) < 4.78 is 10.1.